The van der Waals surface area contributed by atoms with E-state index in [1.165, 1.54) is 19.3 Å². The lowest BCUT2D eigenvalue weighted by atomic mass is 10.2. The monoisotopic (exact) mass is 268 g/mol. The van der Waals surface area contributed by atoms with Crippen molar-refractivity contribution in [2.24, 2.45) is 0 Å². The van der Waals surface area contributed by atoms with Crippen LogP contribution in [-0.2, 0) is 4.74 Å². The van der Waals surface area contributed by atoms with Gasteiger partial charge in [-0.05, 0) is 26.8 Å². The van der Waals surface area contributed by atoms with Gasteiger partial charge in [0.2, 0.25) is 5.82 Å². The van der Waals surface area contributed by atoms with Gasteiger partial charge in [-0.25, -0.2) is 9.78 Å². The molecule has 0 atom stereocenters. The van der Waals surface area contributed by atoms with Crippen LogP contribution in [-0.4, -0.2) is 28.6 Å². The molecule has 2 N–H and O–H groups in total. The van der Waals surface area contributed by atoms with Gasteiger partial charge in [0.1, 0.15) is 11.3 Å². The van der Waals surface area contributed by atoms with Crippen molar-refractivity contribution in [1.82, 2.24) is 4.98 Å². The fraction of sp³-hybridized carbons (Fsp3) is 0.455. The van der Waals surface area contributed by atoms with Gasteiger partial charge in [-0.2, -0.15) is 0 Å². The zero-order chi connectivity index (χ0) is 14.6. The number of ether oxygens (including phenoxy) is 1. The minimum atomic E-state index is -0.760. The van der Waals surface area contributed by atoms with E-state index in [4.69, 9.17) is 4.74 Å². The van der Waals surface area contributed by atoms with Crippen LogP contribution >= 0.6 is 0 Å². The standard InChI is InChI=1S/C11H16N4O4/c1-11(2,3)19-10(16)14-7-5-6-13-9(12-4)8(7)15(17)18/h5-6H,1-4H3,(H2,12,13,14,16). The normalized spacial score (nSPS) is 10.7. The molecule has 0 aliphatic rings. The summed E-state index contributed by atoms with van der Waals surface area (Å²) in [5.41, 5.74) is -0.966. The van der Waals surface area contributed by atoms with E-state index in [0.717, 1.165) is 0 Å². The molecule has 1 rings (SSSR count). The molecule has 0 saturated heterocycles. The summed E-state index contributed by atoms with van der Waals surface area (Å²) in [6, 6.07) is 1.34. The molecule has 1 aromatic rings. The Morgan fingerprint density at radius 2 is 2.11 bits per heavy atom. The summed E-state index contributed by atoms with van der Waals surface area (Å²) >= 11 is 0. The summed E-state index contributed by atoms with van der Waals surface area (Å²) in [6.07, 6.45) is 0.592. The van der Waals surface area contributed by atoms with E-state index in [9.17, 15) is 14.9 Å². The largest absolute Gasteiger partial charge is 0.444 e. The predicted molar refractivity (Wildman–Crippen MR) is 70.3 cm³/mol. The van der Waals surface area contributed by atoms with Crippen molar-refractivity contribution in [2.45, 2.75) is 26.4 Å². The maximum atomic E-state index is 11.6. The molecule has 0 aromatic carbocycles. The molecule has 8 nitrogen and oxygen atoms in total. The SMILES string of the molecule is CNc1nccc(NC(=O)OC(C)(C)C)c1[N+](=O)[O-]. The van der Waals surface area contributed by atoms with E-state index in [0.29, 0.717) is 0 Å². The van der Waals surface area contributed by atoms with E-state index in [-0.39, 0.29) is 17.2 Å². The molecule has 0 spiro atoms. The van der Waals surface area contributed by atoms with E-state index in [1.54, 1.807) is 20.8 Å². The zero-order valence-electron chi connectivity index (χ0n) is 11.2. The van der Waals surface area contributed by atoms with Gasteiger partial charge in [0.25, 0.3) is 0 Å². The molecule has 0 aliphatic heterocycles. The van der Waals surface area contributed by atoms with Crippen LogP contribution < -0.4 is 10.6 Å². The molecule has 1 amide bonds. The van der Waals surface area contributed by atoms with Gasteiger partial charge < -0.3 is 10.1 Å². The Bertz CT molecular complexity index is 496. The molecular weight excluding hydrogens is 252 g/mol. The average molecular weight is 268 g/mol. The number of nitrogens with one attached hydrogen (secondary N) is 2. The number of rotatable bonds is 3. The highest BCUT2D eigenvalue weighted by Gasteiger charge is 2.24. The fourth-order valence-electron chi connectivity index (χ4n) is 1.34. The Morgan fingerprint density at radius 3 is 2.58 bits per heavy atom. The van der Waals surface area contributed by atoms with Crippen molar-refractivity contribution >= 4 is 23.3 Å². The first-order chi connectivity index (χ1) is 8.74. The molecule has 1 heterocycles. The van der Waals surface area contributed by atoms with Crippen molar-refractivity contribution < 1.29 is 14.5 Å². The molecule has 8 heteroatoms. The zero-order valence-corrected chi connectivity index (χ0v) is 11.2. The second kappa shape index (κ2) is 5.51. The quantitative estimate of drug-likeness (QED) is 0.643. The van der Waals surface area contributed by atoms with Crippen LogP contribution in [0.5, 0.6) is 0 Å². The van der Waals surface area contributed by atoms with Crippen molar-refractivity contribution in [3.63, 3.8) is 0 Å². The first kappa shape index (κ1) is 14.7. The lowest BCUT2D eigenvalue weighted by Crippen LogP contribution is -2.27. The number of hydrogen-bond donors (Lipinski definition) is 2. The summed E-state index contributed by atoms with van der Waals surface area (Å²) in [4.78, 5) is 25.8. The Hall–Kier alpha value is -2.38. The molecule has 0 radical (unpaired) electrons. The van der Waals surface area contributed by atoms with Crippen molar-refractivity contribution in [3.05, 3.63) is 22.4 Å². The summed E-state index contributed by atoms with van der Waals surface area (Å²) in [5.74, 6) is 0.0681. The summed E-state index contributed by atoms with van der Waals surface area (Å²) in [7, 11) is 1.51. The highest BCUT2D eigenvalue weighted by molar-refractivity contribution is 5.90. The molecule has 104 valence electrons. The number of carbonyl (C=O) groups is 1. The summed E-state index contributed by atoms with van der Waals surface area (Å²) in [6.45, 7) is 5.10. The molecule has 0 aliphatic carbocycles. The van der Waals surface area contributed by atoms with Crippen LogP contribution in [0.2, 0.25) is 0 Å². The van der Waals surface area contributed by atoms with Crippen LogP contribution in [0.25, 0.3) is 0 Å². The van der Waals surface area contributed by atoms with E-state index in [1.807, 2.05) is 0 Å². The first-order valence-electron chi connectivity index (χ1n) is 5.55. The number of pyridine rings is 1. The third-order valence-corrected chi connectivity index (χ3v) is 1.98. The van der Waals surface area contributed by atoms with Crippen LogP contribution in [0.15, 0.2) is 12.3 Å². The number of carbonyl (C=O) groups excluding carboxylic acids is 1. The average Bonchev–Trinajstić information content (AvgIpc) is 2.25. The van der Waals surface area contributed by atoms with Crippen molar-refractivity contribution in [2.75, 3.05) is 17.7 Å². The summed E-state index contributed by atoms with van der Waals surface area (Å²) in [5, 5.41) is 15.9. The van der Waals surface area contributed by atoms with Crippen molar-refractivity contribution in [1.29, 1.82) is 0 Å². The number of anilines is 2. The van der Waals surface area contributed by atoms with Crippen molar-refractivity contribution in [3.8, 4) is 0 Å². The Labute approximate surface area is 110 Å². The van der Waals surface area contributed by atoms with Gasteiger partial charge >= 0.3 is 11.8 Å². The van der Waals surface area contributed by atoms with Crippen LogP contribution in [0, 0.1) is 10.1 Å². The van der Waals surface area contributed by atoms with Crippen LogP contribution in [0.3, 0.4) is 0 Å². The number of hydrogen-bond acceptors (Lipinski definition) is 6. The minimum absolute atomic E-state index is 0.0265. The molecule has 0 saturated carbocycles. The van der Waals surface area contributed by atoms with E-state index in [2.05, 4.69) is 15.6 Å². The van der Waals surface area contributed by atoms with E-state index >= 15 is 0 Å². The van der Waals surface area contributed by atoms with Crippen LogP contribution in [0.4, 0.5) is 22.0 Å². The second-order valence-corrected chi connectivity index (χ2v) is 4.69. The van der Waals surface area contributed by atoms with Crippen LogP contribution in [0.1, 0.15) is 20.8 Å². The van der Waals surface area contributed by atoms with Gasteiger partial charge in [0, 0.05) is 13.2 Å². The highest BCUT2D eigenvalue weighted by Crippen LogP contribution is 2.30. The maximum absolute atomic E-state index is 11.6. The number of nitro groups is 1. The molecule has 0 unspecified atom stereocenters. The Morgan fingerprint density at radius 1 is 1.47 bits per heavy atom. The maximum Gasteiger partial charge on any atom is 0.412 e. The second-order valence-electron chi connectivity index (χ2n) is 4.69. The Kier molecular flexibility index (Phi) is 4.26. The molecule has 0 fully saturated rings. The third-order valence-electron chi connectivity index (χ3n) is 1.98. The topological polar surface area (TPSA) is 106 Å². The van der Waals surface area contributed by atoms with E-state index < -0.39 is 16.6 Å². The molecule has 19 heavy (non-hydrogen) atoms. The molecule has 0 bridgehead atoms. The number of amides is 1. The molecular formula is C11H16N4O4. The first-order valence-corrected chi connectivity index (χ1v) is 5.55. The summed E-state index contributed by atoms with van der Waals surface area (Å²) < 4.78 is 5.04. The van der Waals surface area contributed by atoms with Gasteiger partial charge in [0.15, 0.2) is 0 Å². The minimum Gasteiger partial charge on any atom is -0.444 e. The lowest BCUT2D eigenvalue weighted by Gasteiger charge is -2.19. The Balaban J connectivity index is 3.01. The smallest absolute Gasteiger partial charge is 0.412 e. The number of nitrogens with zero attached hydrogens (tertiary/aromatic N) is 2. The van der Waals surface area contributed by atoms with Gasteiger partial charge in [-0.3, -0.25) is 15.4 Å². The highest BCUT2D eigenvalue weighted by atomic mass is 16.6. The van der Waals surface area contributed by atoms with Gasteiger partial charge in [-0.15, -0.1) is 0 Å². The lowest BCUT2D eigenvalue weighted by molar-refractivity contribution is -0.383. The van der Waals surface area contributed by atoms with Gasteiger partial charge in [-0.1, -0.05) is 0 Å². The predicted octanol–water partition coefficient (Wildman–Crippen LogP) is 2.38. The molecule has 1 aromatic heterocycles. The van der Waals surface area contributed by atoms with Gasteiger partial charge in [0.05, 0.1) is 4.92 Å². The third kappa shape index (κ3) is 4.09. The fourth-order valence-corrected chi connectivity index (χ4v) is 1.34. The number of aromatic nitrogens is 1.